The molecule has 0 rings (SSSR count). The molecule has 0 aromatic heterocycles. The van der Waals surface area contributed by atoms with Crippen molar-refractivity contribution in [1.82, 2.24) is 0 Å². The van der Waals surface area contributed by atoms with Gasteiger partial charge in [-0.25, -0.2) is 9.59 Å². The van der Waals surface area contributed by atoms with Crippen molar-refractivity contribution in [2.45, 2.75) is 39.5 Å². The van der Waals surface area contributed by atoms with Gasteiger partial charge in [-0.1, -0.05) is 12.2 Å². The van der Waals surface area contributed by atoms with E-state index in [2.05, 4.69) is 0 Å². The molecule has 0 amide bonds. The summed E-state index contributed by atoms with van der Waals surface area (Å²) in [5, 5.41) is 31.9. The fourth-order valence-corrected chi connectivity index (χ4v) is 0.838. The first-order valence-electron chi connectivity index (χ1n) is 6.32. The zero-order valence-corrected chi connectivity index (χ0v) is 12.6. The lowest BCUT2D eigenvalue weighted by Crippen LogP contribution is -1.97. The molecule has 0 bridgehead atoms. The van der Waals surface area contributed by atoms with Gasteiger partial charge in [0, 0.05) is 25.0 Å². The van der Waals surface area contributed by atoms with Crippen molar-refractivity contribution in [3.63, 3.8) is 0 Å². The summed E-state index contributed by atoms with van der Waals surface area (Å²) in [6.07, 6.45) is 6.13. The topological polar surface area (TPSA) is 149 Å². The molecule has 0 heterocycles. The van der Waals surface area contributed by atoms with Crippen LogP contribution in [0.2, 0.25) is 0 Å². The van der Waals surface area contributed by atoms with Crippen LogP contribution in [0.5, 0.6) is 0 Å². The van der Waals surface area contributed by atoms with Crippen molar-refractivity contribution in [3.05, 3.63) is 24.3 Å². The number of hydrogen-bond acceptors (Lipinski definition) is 4. The average Bonchev–Trinajstić information content (AvgIpc) is 2.35. The highest BCUT2D eigenvalue weighted by atomic mass is 16.4. The zero-order chi connectivity index (χ0) is 18.0. The standard InChI is InChI=1S/C6H10O4.2C4H6O2/c7-5(8)3-1-2-4-6(9)10;2*1-2-3-4(5)6/h1-4H2,(H,7,8)(H,9,10);2*2-3H,1H3,(H,5,6). The van der Waals surface area contributed by atoms with Crippen LogP contribution in [0.25, 0.3) is 0 Å². The van der Waals surface area contributed by atoms with Gasteiger partial charge in [0.2, 0.25) is 0 Å². The summed E-state index contributed by atoms with van der Waals surface area (Å²) in [4.78, 5) is 38.8. The van der Waals surface area contributed by atoms with Gasteiger partial charge in [0.25, 0.3) is 0 Å². The largest absolute Gasteiger partial charge is 0.481 e. The first kappa shape index (κ1) is 24.4. The summed E-state index contributed by atoms with van der Waals surface area (Å²) in [6.45, 7) is 3.32. The van der Waals surface area contributed by atoms with E-state index in [1.807, 2.05) is 0 Å². The van der Waals surface area contributed by atoms with Gasteiger partial charge < -0.3 is 20.4 Å². The van der Waals surface area contributed by atoms with E-state index in [1.54, 1.807) is 13.8 Å². The molecule has 0 aliphatic heterocycles. The molecule has 22 heavy (non-hydrogen) atoms. The second-order valence-electron chi connectivity index (χ2n) is 3.67. The number of aliphatic carboxylic acids is 4. The predicted molar refractivity (Wildman–Crippen MR) is 78.6 cm³/mol. The van der Waals surface area contributed by atoms with Crippen LogP contribution in [0.1, 0.15) is 39.5 Å². The summed E-state index contributed by atoms with van der Waals surface area (Å²) in [7, 11) is 0. The maximum absolute atomic E-state index is 9.90. The lowest BCUT2D eigenvalue weighted by molar-refractivity contribution is -0.139. The Kier molecular flexibility index (Phi) is 20.3. The van der Waals surface area contributed by atoms with Crippen molar-refractivity contribution >= 4 is 23.9 Å². The predicted octanol–water partition coefficient (Wildman–Crippen LogP) is 2.01. The summed E-state index contributed by atoms with van der Waals surface area (Å²) in [6, 6.07) is 0. The van der Waals surface area contributed by atoms with Crippen molar-refractivity contribution in [3.8, 4) is 0 Å². The quantitative estimate of drug-likeness (QED) is 0.411. The van der Waals surface area contributed by atoms with E-state index in [0.29, 0.717) is 12.8 Å². The fourth-order valence-electron chi connectivity index (χ4n) is 0.838. The first-order chi connectivity index (χ1) is 10.2. The number of unbranched alkanes of at least 4 members (excludes halogenated alkanes) is 1. The van der Waals surface area contributed by atoms with Crippen molar-refractivity contribution in [2.75, 3.05) is 0 Å². The van der Waals surface area contributed by atoms with Crippen LogP contribution in [-0.2, 0) is 19.2 Å². The van der Waals surface area contributed by atoms with Crippen LogP contribution >= 0.6 is 0 Å². The van der Waals surface area contributed by atoms with Gasteiger partial charge in [0.1, 0.15) is 0 Å². The Bertz CT molecular complexity index is 358. The van der Waals surface area contributed by atoms with E-state index < -0.39 is 23.9 Å². The molecule has 0 spiro atoms. The normalized spacial score (nSPS) is 9.36. The highest BCUT2D eigenvalue weighted by Crippen LogP contribution is 1.98. The molecule has 0 aliphatic rings. The average molecular weight is 318 g/mol. The maximum atomic E-state index is 9.90. The molecule has 0 fully saturated rings. The van der Waals surface area contributed by atoms with E-state index in [9.17, 15) is 19.2 Å². The molecule has 0 saturated heterocycles. The van der Waals surface area contributed by atoms with E-state index in [-0.39, 0.29) is 12.8 Å². The van der Waals surface area contributed by atoms with Crippen molar-refractivity contribution in [2.24, 2.45) is 0 Å². The molecule has 4 N–H and O–H groups in total. The molecule has 8 nitrogen and oxygen atoms in total. The Balaban J connectivity index is -0.000000261. The Morgan fingerprint density at radius 1 is 0.682 bits per heavy atom. The third kappa shape index (κ3) is 43.3. The number of hydrogen-bond donors (Lipinski definition) is 4. The molecule has 0 aliphatic carbocycles. The molecule has 126 valence electrons. The monoisotopic (exact) mass is 318 g/mol. The fraction of sp³-hybridized carbons (Fsp3) is 0.429. The summed E-state index contributed by atoms with van der Waals surface area (Å²) < 4.78 is 0. The lowest BCUT2D eigenvalue weighted by atomic mass is 10.2. The second kappa shape index (κ2) is 18.4. The minimum atomic E-state index is -0.891. The van der Waals surface area contributed by atoms with Gasteiger partial charge in [-0.3, -0.25) is 9.59 Å². The van der Waals surface area contributed by atoms with Crippen LogP contribution in [0.4, 0.5) is 0 Å². The highest BCUT2D eigenvalue weighted by Gasteiger charge is 1.99. The third-order valence-electron chi connectivity index (χ3n) is 1.65. The van der Waals surface area contributed by atoms with E-state index in [4.69, 9.17) is 20.4 Å². The molecule has 0 atom stereocenters. The SMILES string of the molecule is CC=CC(=O)O.CC=CC(=O)O.O=C(O)CCCCC(=O)O. The molecule has 0 unspecified atom stereocenters. The summed E-state index contributed by atoms with van der Waals surface area (Å²) >= 11 is 0. The van der Waals surface area contributed by atoms with Crippen molar-refractivity contribution < 1.29 is 39.6 Å². The summed E-state index contributed by atoms with van der Waals surface area (Å²) in [5.74, 6) is -3.52. The lowest BCUT2D eigenvalue weighted by Gasteiger charge is -1.92. The molecule has 0 saturated carbocycles. The van der Waals surface area contributed by atoms with Gasteiger partial charge in [-0.15, -0.1) is 0 Å². The smallest absolute Gasteiger partial charge is 0.327 e. The van der Waals surface area contributed by atoms with Crippen LogP contribution in [0.3, 0.4) is 0 Å². The number of allylic oxidation sites excluding steroid dienone is 2. The van der Waals surface area contributed by atoms with Gasteiger partial charge in [0.05, 0.1) is 0 Å². The van der Waals surface area contributed by atoms with Gasteiger partial charge in [-0.05, 0) is 26.7 Å². The second-order valence-corrected chi connectivity index (χ2v) is 3.67. The van der Waals surface area contributed by atoms with Crippen LogP contribution in [-0.4, -0.2) is 44.3 Å². The molecular weight excluding hydrogens is 296 g/mol. The number of carboxylic acid groups (broad SMARTS) is 4. The molecule has 0 aromatic rings. The van der Waals surface area contributed by atoms with Gasteiger partial charge >= 0.3 is 23.9 Å². The number of carbonyl (C=O) groups is 4. The minimum Gasteiger partial charge on any atom is -0.481 e. The number of carboxylic acids is 4. The van der Waals surface area contributed by atoms with Gasteiger partial charge in [-0.2, -0.15) is 0 Å². The minimum absolute atomic E-state index is 0.0628. The highest BCUT2D eigenvalue weighted by molar-refractivity contribution is 5.79. The van der Waals surface area contributed by atoms with E-state index >= 15 is 0 Å². The third-order valence-corrected chi connectivity index (χ3v) is 1.65. The molecule has 8 heteroatoms. The Morgan fingerprint density at radius 2 is 0.955 bits per heavy atom. The Morgan fingerprint density at radius 3 is 1.05 bits per heavy atom. The molecular formula is C14H22O8. The molecule has 0 aromatic carbocycles. The van der Waals surface area contributed by atoms with Crippen molar-refractivity contribution in [1.29, 1.82) is 0 Å². The van der Waals surface area contributed by atoms with E-state index in [0.717, 1.165) is 12.2 Å². The Labute approximate surface area is 128 Å². The van der Waals surface area contributed by atoms with Crippen LogP contribution < -0.4 is 0 Å². The maximum Gasteiger partial charge on any atom is 0.327 e. The summed E-state index contributed by atoms with van der Waals surface area (Å²) in [5.41, 5.74) is 0. The number of rotatable bonds is 7. The van der Waals surface area contributed by atoms with E-state index in [1.165, 1.54) is 12.2 Å². The molecule has 0 radical (unpaired) electrons. The van der Waals surface area contributed by atoms with Gasteiger partial charge in [0.15, 0.2) is 0 Å². The zero-order valence-electron chi connectivity index (χ0n) is 12.6. The van der Waals surface area contributed by atoms with Crippen LogP contribution in [0, 0.1) is 0 Å². The first-order valence-corrected chi connectivity index (χ1v) is 6.32. The Hall–Kier alpha value is -2.64. The van der Waals surface area contributed by atoms with Crippen LogP contribution in [0.15, 0.2) is 24.3 Å².